The first-order chi connectivity index (χ1) is 7.11. The molecule has 0 fully saturated rings. The first-order valence-electron chi connectivity index (χ1n) is 4.48. The van der Waals surface area contributed by atoms with E-state index >= 15 is 0 Å². The number of nitrogens with two attached hydrogens (primary N) is 2. The number of amides is 2. The summed E-state index contributed by atoms with van der Waals surface area (Å²) in [4.78, 5) is 21.8. The molecule has 0 saturated heterocycles. The van der Waals surface area contributed by atoms with Gasteiger partial charge in [-0.3, -0.25) is 9.59 Å². The van der Waals surface area contributed by atoms with Gasteiger partial charge in [0.05, 0.1) is 6.54 Å². The van der Waals surface area contributed by atoms with Crippen LogP contribution in [0.1, 0.15) is 11.6 Å². The zero-order valence-corrected chi connectivity index (χ0v) is 8.14. The summed E-state index contributed by atoms with van der Waals surface area (Å²) in [6.07, 6.45) is 0. The Morgan fingerprint density at radius 1 is 1.27 bits per heavy atom. The summed E-state index contributed by atoms with van der Waals surface area (Å²) in [5.74, 6) is -1.01. The van der Waals surface area contributed by atoms with Gasteiger partial charge in [-0.25, -0.2) is 0 Å². The second-order valence-electron chi connectivity index (χ2n) is 3.07. The van der Waals surface area contributed by atoms with Gasteiger partial charge in [0.25, 0.3) is 0 Å². The molecule has 5 nitrogen and oxygen atoms in total. The van der Waals surface area contributed by atoms with Crippen molar-refractivity contribution in [1.29, 1.82) is 0 Å². The second-order valence-corrected chi connectivity index (χ2v) is 3.07. The predicted molar refractivity (Wildman–Crippen MR) is 55.6 cm³/mol. The summed E-state index contributed by atoms with van der Waals surface area (Å²) < 4.78 is 0. The standard InChI is InChI=1S/C10H13N3O2/c11-8(14)6-13-10(15)9(12)7-4-2-1-3-5-7/h1-5,9H,6,12H2,(H2,11,14)(H,13,15)/t9-/m0/s1. The van der Waals surface area contributed by atoms with Crippen LogP contribution in [0.2, 0.25) is 0 Å². The number of nitrogens with one attached hydrogen (secondary N) is 1. The van der Waals surface area contributed by atoms with E-state index in [0.29, 0.717) is 5.56 Å². The summed E-state index contributed by atoms with van der Waals surface area (Å²) in [5.41, 5.74) is 11.2. The number of primary amides is 1. The minimum atomic E-state index is -0.773. The van der Waals surface area contributed by atoms with E-state index in [1.54, 1.807) is 24.3 Å². The first kappa shape index (κ1) is 11.2. The van der Waals surface area contributed by atoms with Crippen LogP contribution in [0.4, 0.5) is 0 Å². The lowest BCUT2D eigenvalue weighted by Crippen LogP contribution is -2.39. The highest BCUT2D eigenvalue weighted by Gasteiger charge is 2.14. The maximum absolute atomic E-state index is 11.4. The van der Waals surface area contributed by atoms with E-state index in [1.807, 2.05) is 6.07 Å². The maximum Gasteiger partial charge on any atom is 0.241 e. The summed E-state index contributed by atoms with van der Waals surface area (Å²) in [6, 6.07) is 8.12. The molecule has 0 radical (unpaired) electrons. The van der Waals surface area contributed by atoms with Crippen molar-refractivity contribution >= 4 is 11.8 Å². The average Bonchev–Trinajstić information content (AvgIpc) is 2.26. The van der Waals surface area contributed by atoms with E-state index in [1.165, 1.54) is 0 Å². The molecule has 15 heavy (non-hydrogen) atoms. The molecule has 0 aliphatic heterocycles. The average molecular weight is 207 g/mol. The summed E-state index contributed by atoms with van der Waals surface area (Å²) in [7, 11) is 0. The van der Waals surface area contributed by atoms with E-state index in [-0.39, 0.29) is 6.54 Å². The van der Waals surface area contributed by atoms with Crippen LogP contribution in [0.5, 0.6) is 0 Å². The van der Waals surface area contributed by atoms with Crippen molar-refractivity contribution < 1.29 is 9.59 Å². The molecule has 0 heterocycles. The Morgan fingerprint density at radius 3 is 2.40 bits per heavy atom. The van der Waals surface area contributed by atoms with Crippen molar-refractivity contribution in [1.82, 2.24) is 5.32 Å². The number of carbonyl (C=O) groups is 2. The fourth-order valence-electron chi connectivity index (χ4n) is 1.10. The van der Waals surface area contributed by atoms with Gasteiger partial charge in [0.1, 0.15) is 6.04 Å². The molecular formula is C10H13N3O2. The highest BCUT2D eigenvalue weighted by atomic mass is 16.2. The van der Waals surface area contributed by atoms with Crippen LogP contribution in [0.3, 0.4) is 0 Å². The molecule has 2 amide bonds. The summed E-state index contributed by atoms with van der Waals surface area (Å²) in [6.45, 7) is -0.195. The van der Waals surface area contributed by atoms with Crippen LogP contribution in [0.25, 0.3) is 0 Å². The molecular weight excluding hydrogens is 194 g/mol. The van der Waals surface area contributed by atoms with Crippen molar-refractivity contribution in [3.8, 4) is 0 Å². The normalized spacial score (nSPS) is 11.8. The maximum atomic E-state index is 11.4. The number of hydrogen-bond acceptors (Lipinski definition) is 3. The predicted octanol–water partition coefficient (Wildman–Crippen LogP) is -0.712. The molecule has 0 bridgehead atoms. The summed E-state index contributed by atoms with van der Waals surface area (Å²) >= 11 is 0. The van der Waals surface area contributed by atoms with E-state index in [0.717, 1.165) is 0 Å². The van der Waals surface area contributed by atoms with Crippen LogP contribution in [0, 0.1) is 0 Å². The molecule has 1 rings (SSSR count). The number of carbonyl (C=O) groups excluding carboxylic acids is 2. The molecule has 0 saturated carbocycles. The third-order valence-corrected chi connectivity index (χ3v) is 1.88. The number of rotatable bonds is 4. The fourth-order valence-corrected chi connectivity index (χ4v) is 1.10. The van der Waals surface area contributed by atoms with Gasteiger partial charge in [0.15, 0.2) is 0 Å². The molecule has 0 aliphatic carbocycles. The highest BCUT2D eigenvalue weighted by molar-refractivity contribution is 5.87. The molecule has 0 unspecified atom stereocenters. The van der Waals surface area contributed by atoms with Gasteiger partial charge in [-0.15, -0.1) is 0 Å². The molecule has 5 heteroatoms. The Hall–Kier alpha value is -1.88. The Kier molecular flexibility index (Phi) is 3.82. The molecule has 1 aromatic carbocycles. The lowest BCUT2D eigenvalue weighted by atomic mass is 10.1. The Balaban J connectivity index is 2.57. The van der Waals surface area contributed by atoms with Gasteiger partial charge >= 0.3 is 0 Å². The molecule has 80 valence electrons. The van der Waals surface area contributed by atoms with Gasteiger partial charge in [-0.05, 0) is 5.56 Å². The molecule has 1 atom stereocenters. The van der Waals surface area contributed by atoms with Crippen molar-refractivity contribution in [2.45, 2.75) is 6.04 Å². The van der Waals surface area contributed by atoms with Gasteiger partial charge in [0.2, 0.25) is 11.8 Å². The Bertz CT molecular complexity index is 351. The number of hydrogen-bond donors (Lipinski definition) is 3. The molecule has 5 N–H and O–H groups in total. The van der Waals surface area contributed by atoms with Crippen LogP contribution >= 0.6 is 0 Å². The van der Waals surface area contributed by atoms with E-state index < -0.39 is 17.9 Å². The van der Waals surface area contributed by atoms with Gasteiger partial charge in [-0.1, -0.05) is 30.3 Å². The van der Waals surface area contributed by atoms with Crippen molar-refractivity contribution in [3.63, 3.8) is 0 Å². The van der Waals surface area contributed by atoms with Crippen LogP contribution < -0.4 is 16.8 Å². The quantitative estimate of drug-likeness (QED) is 0.608. The monoisotopic (exact) mass is 207 g/mol. The van der Waals surface area contributed by atoms with E-state index in [4.69, 9.17) is 11.5 Å². The SMILES string of the molecule is NC(=O)CNC(=O)[C@@H](N)c1ccccc1. The molecule has 0 aromatic heterocycles. The zero-order chi connectivity index (χ0) is 11.3. The third kappa shape index (κ3) is 3.40. The summed E-state index contributed by atoms with van der Waals surface area (Å²) in [5, 5.41) is 2.34. The lowest BCUT2D eigenvalue weighted by molar-refractivity contribution is -0.125. The third-order valence-electron chi connectivity index (χ3n) is 1.88. The van der Waals surface area contributed by atoms with Crippen molar-refractivity contribution in [2.24, 2.45) is 11.5 Å². The molecule has 1 aromatic rings. The van der Waals surface area contributed by atoms with E-state index in [9.17, 15) is 9.59 Å². The second kappa shape index (κ2) is 5.11. The lowest BCUT2D eigenvalue weighted by Gasteiger charge is -2.11. The largest absolute Gasteiger partial charge is 0.368 e. The van der Waals surface area contributed by atoms with Crippen molar-refractivity contribution in [2.75, 3.05) is 6.54 Å². The minimum absolute atomic E-state index is 0.195. The first-order valence-corrected chi connectivity index (χ1v) is 4.48. The Morgan fingerprint density at radius 2 is 1.87 bits per heavy atom. The molecule has 0 spiro atoms. The smallest absolute Gasteiger partial charge is 0.241 e. The minimum Gasteiger partial charge on any atom is -0.368 e. The van der Waals surface area contributed by atoms with Gasteiger partial charge in [-0.2, -0.15) is 0 Å². The number of benzene rings is 1. The highest BCUT2D eigenvalue weighted by Crippen LogP contribution is 2.08. The molecule has 0 aliphatic rings. The van der Waals surface area contributed by atoms with Gasteiger partial charge < -0.3 is 16.8 Å². The van der Waals surface area contributed by atoms with E-state index in [2.05, 4.69) is 5.32 Å². The Labute approximate surface area is 87.4 Å². The zero-order valence-electron chi connectivity index (χ0n) is 8.14. The van der Waals surface area contributed by atoms with Gasteiger partial charge in [0, 0.05) is 0 Å². The van der Waals surface area contributed by atoms with Crippen LogP contribution in [0.15, 0.2) is 30.3 Å². The van der Waals surface area contributed by atoms with Crippen LogP contribution in [-0.2, 0) is 9.59 Å². The van der Waals surface area contributed by atoms with Crippen LogP contribution in [-0.4, -0.2) is 18.4 Å². The fraction of sp³-hybridized carbons (Fsp3) is 0.200. The van der Waals surface area contributed by atoms with Crippen molar-refractivity contribution in [3.05, 3.63) is 35.9 Å². The topological polar surface area (TPSA) is 98.2 Å².